The molecule has 2 heterocycles. The van der Waals surface area contributed by atoms with Crippen LogP contribution in [-0.4, -0.2) is 12.1 Å². The number of aromatic nitrogens is 1. The molecule has 0 saturated carbocycles. The first-order valence-electron chi connectivity index (χ1n) is 6.26. The minimum absolute atomic E-state index is 0.167. The van der Waals surface area contributed by atoms with E-state index >= 15 is 0 Å². The smallest absolute Gasteiger partial charge is 0.197 e. The molecule has 0 saturated heterocycles. The predicted molar refractivity (Wildman–Crippen MR) is 77.7 cm³/mol. The van der Waals surface area contributed by atoms with Crippen molar-refractivity contribution in [2.75, 3.05) is 7.11 Å². The molecule has 1 atom stereocenters. The number of nitrogens with one attached hydrogen (secondary N) is 1. The van der Waals surface area contributed by atoms with Crippen LogP contribution in [-0.2, 0) is 6.42 Å². The number of hydrogen-bond donors (Lipinski definition) is 2. The molecule has 3 N–H and O–H groups in total. The Morgan fingerprint density at radius 3 is 2.80 bits per heavy atom. The van der Waals surface area contributed by atoms with Crippen LogP contribution in [0.4, 0.5) is 0 Å². The van der Waals surface area contributed by atoms with Crippen molar-refractivity contribution in [3.8, 4) is 5.75 Å². The van der Waals surface area contributed by atoms with Crippen LogP contribution < -0.4 is 16.0 Å². The second-order valence-electron chi connectivity index (χ2n) is 4.62. The summed E-state index contributed by atoms with van der Waals surface area (Å²) in [5.74, 6) is 6.47. The van der Waals surface area contributed by atoms with Gasteiger partial charge in [-0.2, -0.15) is 0 Å². The molecule has 2 aromatic heterocycles. The number of halogens is 1. The van der Waals surface area contributed by atoms with Crippen molar-refractivity contribution in [3.63, 3.8) is 0 Å². The Morgan fingerprint density at radius 1 is 1.50 bits per heavy atom. The van der Waals surface area contributed by atoms with Crippen molar-refractivity contribution in [2.24, 2.45) is 5.84 Å². The topological polar surface area (TPSA) is 73.3 Å². The van der Waals surface area contributed by atoms with Crippen molar-refractivity contribution in [2.45, 2.75) is 26.3 Å². The van der Waals surface area contributed by atoms with Crippen molar-refractivity contribution in [1.29, 1.82) is 0 Å². The number of hydrogen-bond acceptors (Lipinski definition) is 5. The summed E-state index contributed by atoms with van der Waals surface area (Å²) in [5.41, 5.74) is 6.49. The van der Waals surface area contributed by atoms with Crippen molar-refractivity contribution in [1.82, 2.24) is 10.4 Å². The Hall–Kier alpha value is -1.56. The fraction of sp³-hybridized carbons (Fsp3) is 0.357. The van der Waals surface area contributed by atoms with E-state index in [1.807, 2.05) is 13.8 Å². The largest absolute Gasteiger partial charge is 0.496 e. The molecule has 0 spiro atoms. The van der Waals surface area contributed by atoms with Crippen molar-refractivity contribution < 1.29 is 9.15 Å². The average Bonchev–Trinajstić information content (AvgIpc) is 2.85. The fourth-order valence-electron chi connectivity index (χ4n) is 2.28. The lowest BCUT2D eigenvalue weighted by Gasteiger charge is -2.17. The van der Waals surface area contributed by atoms with E-state index in [1.165, 1.54) is 6.26 Å². The van der Waals surface area contributed by atoms with Gasteiger partial charge in [-0.1, -0.05) is 0 Å². The summed E-state index contributed by atoms with van der Waals surface area (Å²) >= 11 is 6.00. The summed E-state index contributed by atoms with van der Waals surface area (Å²) in [5, 5.41) is 0.338. The van der Waals surface area contributed by atoms with Gasteiger partial charge in [-0.3, -0.25) is 16.3 Å². The van der Waals surface area contributed by atoms with Gasteiger partial charge in [0, 0.05) is 35.0 Å². The molecule has 0 fully saturated rings. The second kappa shape index (κ2) is 6.26. The Kier molecular flexibility index (Phi) is 4.65. The maximum atomic E-state index is 6.00. The van der Waals surface area contributed by atoms with Crippen LogP contribution in [0.2, 0.25) is 5.22 Å². The van der Waals surface area contributed by atoms with E-state index in [-0.39, 0.29) is 6.04 Å². The zero-order valence-electron chi connectivity index (χ0n) is 11.7. The molecule has 0 aliphatic carbocycles. The molecule has 1 unspecified atom stereocenters. The highest BCUT2D eigenvalue weighted by Gasteiger charge is 2.19. The number of furan rings is 1. The van der Waals surface area contributed by atoms with Crippen LogP contribution in [0.15, 0.2) is 22.9 Å². The highest BCUT2D eigenvalue weighted by Crippen LogP contribution is 2.29. The Balaban J connectivity index is 2.31. The van der Waals surface area contributed by atoms with Gasteiger partial charge in [-0.15, -0.1) is 0 Å². The minimum atomic E-state index is -0.167. The minimum Gasteiger partial charge on any atom is -0.496 e. The molecule has 0 aliphatic rings. The third-order valence-corrected chi connectivity index (χ3v) is 3.68. The van der Waals surface area contributed by atoms with Gasteiger partial charge in [0.05, 0.1) is 19.4 Å². The van der Waals surface area contributed by atoms with Gasteiger partial charge in [-0.25, -0.2) is 0 Å². The van der Waals surface area contributed by atoms with E-state index in [1.54, 1.807) is 19.4 Å². The number of aryl methyl sites for hydroxylation is 1. The Bertz CT molecular complexity index is 598. The highest BCUT2D eigenvalue weighted by molar-refractivity contribution is 6.29. The number of rotatable bonds is 5. The van der Waals surface area contributed by atoms with Crippen LogP contribution in [0.1, 0.15) is 28.4 Å². The van der Waals surface area contributed by atoms with Crippen LogP contribution in [0.3, 0.4) is 0 Å². The molecule has 0 bridgehead atoms. The van der Waals surface area contributed by atoms with E-state index in [2.05, 4.69) is 10.4 Å². The summed E-state index contributed by atoms with van der Waals surface area (Å²) in [4.78, 5) is 4.46. The molecule has 0 amide bonds. The summed E-state index contributed by atoms with van der Waals surface area (Å²) < 4.78 is 10.5. The molecular weight excluding hydrogens is 278 g/mol. The summed E-state index contributed by atoms with van der Waals surface area (Å²) in [6.45, 7) is 3.95. The Labute approximate surface area is 123 Å². The van der Waals surface area contributed by atoms with E-state index in [0.717, 1.165) is 28.1 Å². The van der Waals surface area contributed by atoms with Gasteiger partial charge >= 0.3 is 0 Å². The standard InChI is InChI=1S/C14H18ClN3O2/c1-8-7-17-11(9(2)13(8)19-3)6-12(18-16)10-4-5-20-14(10)15/h4-5,7,12,18H,6,16H2,1-3H3. The van der Waals surface area contributed by atoms with Gasteiger partial charge in [0.25, 0.3) is 0 Å². The molecule has 2 rings (SSSR count). The maximum Gasteiger partial charge on any atom is 0.197 e. The van der Waals surface area contributed by atoms with E-state index in [4.69, 9.17) is 26.6 Å². The maximum absolute atomic E-state index is 6.00. The van der Waals surface area contributed by atoms with Gasteiger partial charge < -0.3 is 9.15 Å². The zero-order valence-corrected chi connectivity index (χ0v) is 12.5. The second-order valence-corrected chi connectivity index (χ2v) is 4.96. The van der Waals surface area contributed by atoms with Crippen LogP contribution in [0.5, 0.6) is 5.75 Å². The van der Waals surface area contributed by atoms with E-state index in [9.17, 15) is 0 Å². The third-order valence-electron chi connectivity index (χ3n) is 3.37. The number of nitrogens with zero attached hydrogens (tertiary/aromatic N) is 1. The first-order chi connectivity index (χ1) is 9.58. The monoisotopic (exact) mass is 295 g/mol. The lowest BCUT2D eigenvalue weighted by molar-refractivity contribution is 0.406. The average molecular weight is 296 g/mol. The van der Waals surface area contributed by atoms with Crippen LogP contribution in [0, 0.1) is 13.8 Å². The lowest BCUT2D eigenvalue weighted by atomic mass is 10.0. The molecule has 0 aliphatic heterocycles. The summed E-state index contributed by atoms with van der Waals surface area (Å²) in [7, 11) is 1.66. The number of methoxy groups -OCH3 is 1. The summed E-state index contributed by atoms with van der Waals surface area (Å²) in [6, 6.07) is 1.63. The number of hydrazine groups is 1. The number of ether oxygens (including phenoxy) is 1. The van der Waals surface area contributed by atoms with Crippen molar-refractivity contribution >= 4 is 11.6 Å². The molecule has 0 aromatic carbocycles. The molecule has 5 nitrogen and oxygen atoms in total. The number of nitrogens with two attached hydrogens (primary N) is 1. The fourth-order valence-corrected chi connectivity index (χ4v) is 2.53. The first-order valence-corrected chi connectivity index (χ1v) is 6.64. The van der Waals surface area contributed by atoms with Gasteiger partial charge in [0.2, 0.25) is 0 Å². The van der Waals surface area contributed by atoms with Crippen molar-refractivity contribution in [3.05, 3.63) is 46.1 Å². The van der Waals surface area contributed by atoms with E-state index in [0.29, 0.717) is 11.6 Å². The molecule has 0 radical (unpaired) electrons. The molecular formula is C14H18ClN3O2. The molecule has 108 valence electrons. The SMILES string of the molecule is COc1c(C)cnc(CC(NN)c2ccoc2Cl)c1C. The third kappa shape index (κ3) is 2.80. The molecule has 2 aromatic rings. The van der Waals surface area contributed by atoms with Gasteiger partial charge in [-0.05, 0) is 31.5 Å². The first kappa shape index (κ1) is 14.8. The van der Waals surface area contributed by atoms with Gasteiger partial charge in [0.15, 0.2) is 5.22 Å². The Morgan fingerprint density at radius 2 is 2.25 bits per heavy atom. The normalized spacial score (nSPS) is 12.4. The lowest BCUT2D eigenvalue weighted by Crippen LogP contribution is -2.30. The van der Waals surface area contributed by atoms with Gasteiger partial charge in [0.1, 0.15) is 5.75 Å². The highest BCUT2D eigenvalue weighted by atomic mass is 35.5. The predicted octanol–water partition coefficient (Wildman–Crippen LogP) is 2.70. The number of pyridine rings is 1. The quantitative estimate of drug-likeness (QED) is 0.655. The van der Waals surface area contributed by atoms with Crippen LogP contribution in [0.25, 0.3) is 0 Å². The molecule has 20 heavy (non-hydrogen) atoms. The summed E-state index contributed by atoms with van der Waals surface area (Å²) in [6.07, 6.45) is 3.93. The van der Waals surface area contributed by atoms with Crippen LogP contribution >= 0.6 is 11.6 Å². The van der Waals surface area contributed by atoms with E-state index < -0.39 is 0 Å². The zero-order chi connectivity index (χ0) is 14.7. The molecule has 6 heteroatoms.